The van der Waals surface area contributed by atoms with Crippen molar-refractivity contribution in [3.8, 4) is 0 Å². The lowest BCUT2D eigenvalue weighted by atomic mass is 10.1. The summed E-state index contributed by atoms with van der Waals surface area (Å²) < 4.78 is 2.15. The fourth-order valence-corrected chi connectivity index (χ4v) is 3.62. The first-order valence-corrected chi connectivity index (χ1v) is 8.48. The van der Waals surface area contributed by atoms with E-state index in [4.69, 9.17) is 5.73 Å². The molecule has 2 N–H and O–H groups in total. The number of imidazole rings is 1. The van der Waals surface area contributed by atoms with Gasteiger partial charge in [-0.2, -0.15) is 0 Å². The maximum Gasteiger partial charge on any atom is 0.165 e. The number of anilines is 1. The van der Waals surface area contributed by atoms with Gasteiger partial charge in [0.15, 0.2) is 11.5 Å². The summed E-state index contributed by atoms with van der Waals surface area (Å²) in [7, 11) is 0. The molecule has 1 aliphatic heterocycles. The van der Waals surface area contributed by atoms with Crippen molar-refractivity contribution in [1.82, 2.24) is 24.4 Å². The normalized spacial score (nSPS) is 18.5. The van der Waals surface area contributed by atoms with E-state index in [0.717, 1.165) is 38.1 Å². The number of nitrogens with two attached hydrogens (primary N) is 1. The van der Waals surface area contributed by atoms with Gasteiger partial charge >= 0.3 is 0 Å². The molecule has 1 aliphatic rings. The summed E-state index contributed by atoms with van der Waals surface area (Å²) >= 11 is 0. The Balaban J connectivity index is 1.53. The van der Waals surface area contributed by atoms with Crippen molar-refractivity contribution in [3.05, 3.63) is 48.0 Å². The van der Waals surface area contributed by atoms with E-state index >= 15 is 0 Å². The predicted molar refractivity (Wildman–Crippen MR) is 94.5 cm³/mol. The molecule has 124 valence electrons. The monoisotopic (exact) mass is 322 g/mol. The Labute approximate surface area is 141 Å². The van der Waals surface area contributed by atoms with Gasteiger partial charge < -0.3 is 10.3 Å². The number of benzene rings is 1. The van der Waals surface area contributed by atoms with Gasteiger partial charge in [0.25, 0.3) is 0 Å². The Hall–Kier alpha value is -2.47. The standard InChI is InChI=1S/C18H22N6/c1-2-13-5-3-4-6-14(13)9-23-8-7-15(10-23)24-12-22-16-17(19)20-11-21-18(16)24/h3-6,11-12,15H,2,7-10H2,1H3,(H2,19,20,21). The van der Waals surface area contributed by atoms with Crippen molar-refractivity contribution < 1.29 is 0 Å². The van der Waals surface area contributed by atoms with Crippen LogP contribution in [0.4, 0.5) is 5.82 Å². The van der Waals surface area contributed by atoms with Crippen molar-refractivity contribution >= 4 is 17.0 Å². The van der Waals surface area contributed by atoms with Crippen LogP contribution in [-0.2, 0) is 13.0 Å². The average molecular weight is 322 g/mol. The topological polar surface area (TPSA) is 72.9 Å². The molecule has 1 unspecified atom stereocenters. The quantitative estimate of drug-likeness (QED) is 0.798. The number of hydrogen-bond acceptors (Lipinski definition) is 5. The minimum atomic E-state index is 0.387. The van der Waals surface area contributed by atoms with E-state index in [2.05, 4.69) is 55.6 Å². The molecule has 4 rings (SSSR count). The molecule has 1 aromatic carbocycles. The molecule has 0 amide bonds. The van der Waals surface area contributed by atoms with Crippen LogP contribution < -0.4 is 5.73 Å². The maximum absolute atomic E-state index is 5.89. The second-order valence-electron chi connectivity index (χ2n) is 6.38. The highest BCUT2D eigenvalue weighted by Gasteiger charge is 2.26. The first-order chi connectivity index (χ1) is 11.8. The molecule has 6 heteroatoms. The van der Waals surface area contributed by atoms with E-state index in [-0.39, 0.29) is 0 Å². The molecule has 1 fully saturated rings. The summed E-state index contributed by atoms with van der Waals surface area (Å²) in [5.74, 6) is 0.450. The van der Waals surface area contributed by atoms with Crippen LogP contribution in [0.15, 0.2) is 36.9 Å². The van der Waals surface area contributed by atoms with Gasteiger partial charge in [0.05, 0.1) is 12.4 Å². The zero-order chi connectivity index (χ0) is 16.5. The van der Waals surface area contributed by atoms with Crippen molar-refractivity contribution in [1.29, 1.82) is 0 Å². The molecule has 0 saturated carbocycles. The van der Waals surface area contributed by atoms with E-state index in [1.807, 2.05) is 6.33 Å². The number of rotatable bonds is 4. The summed E-state index contributed by atoms with van der Waals surface area (Å²) in [4.78, 5) is 15.3. The number of nitrogen functional groups attached to an aromatic ring is 1. The smallest absolute Gasteiger partial charge is 0.165 e. The van der Waals surface area contributed by atoms with Crippen LogP contribution >= 0.6 is 0 Å². The molecule has 0 aliphatic carbocycles. The zero-order valence-corrected chi connectivity index (χ0v) is 13.9. The average Bonchev–Trinajstić information content (AvgIpc) is 3.23. The van der Waals surface area contributed by atoms with Gasteiger partial charge in [-0.15, -0.1) is 0 Å². The molecule has 24 heavy (non-hydrogen) atoms. The van der Waals surface area contributed by atoms with Gasteiger partial charge in [0.2, 0.25) is 0 Å². The number of fused-ring (bicyclic) bond motifs is 1. The summed E-state index contributed by atoms with van der Waals surface area (Å²) in [6.45, 7) is 5.31. The zero-order valence-electron chi connectivity index (χ0n) is 13.9. The Morgan fingerprint density at radius 2 is 2.00 bits per heavy atom. The fourth-order valence-electron chi connectivity index (χ4n) is 3.62. The minimum Gasteiger partial charge on any atom is -0.382 e. The summed E-state index contributed by atoms with van der Waals surface area (Å²) in [5.41, 5.74) is 10.3. The third kappa shape index (κ3) is 2.63. The SMILES string of the molecule is CCc1ccccc1CN1CCC(n2cnc3c(N)ncnc32)C1. The molecule has 1 atom stereocenters. The van der Waals surface area contributed by atoms with E-state index < -0.39 is 0 Å². The van der Waals surface area contributed by atoms with Crippen molar-refractivity contribution in [2.45, 2.75) is 32.4 Å². The van der Waals surface area contributed by atoms with Crippen LogP contribution in [0, 0.1) is 0 Å². The minimum absolute atomic E-state index is 0.387. The Morgan fingerprint density at radius 3 is 2.83 bits per heavy atom. The number of aromatic nitrogens is 4. The van der Waals surface area contributed by atoms with E-state index in [0.29, 0.717) is 17.4 Å². The van der Waals surface area contributed by atoms with Crippen LogP contribution in [0.1, 0.15) is 30.5 Å². The Bertz CT molecular complexity index is 856. The lowest BCUT2D eigenvalue weighted by Crippen LogP contribution is -2.21. The van der Waals surface area contributed by atoms with Gasteiger partial charge in [-0.1, -0.05) is 31.2 Å². The molecule has 3 aromatic rings. The molecule has 3 heterocycles. The lowest BCUT2D eigenvalue weighted by Gasteiger charge is -2.18. The van der Waals surface area contributed by atoms with Crippen molar-refractivity contribution in [3.63, 3.8) is 0 Å². The molecule has 0 spiro atoms. The van der Waals surface area contributed by atoms with Gasteiger partial charge in [0.1, 0.15) is 11.8 Å². The van der Waals surface area contributed by atoms with Crippen LogP contribution in [-0.4, -0.2) is 37.5 Å². The van der Waals surface area contributed by atoms with Gasteiger partial charge in [-0.25, -0.2) is 15.0 Å². The largest absolute Gasteiger partial charge is 0.382 e. The number of aryl methyl sites for hydroxylation is 1. The number of likely N-dealkylation sites (tertiary alicyclic amines) is 1. The first kappa shape index (κ1) is 15.1. The van der Waals surface area contributed by atoms with Crippen LogP contribution in [0.5, 0.6) is 0 Å². The molecule has 0 bridgehead atoms. The summed E-state index contributed by atoms with van der Waals surface area (Å²) in [5, 5.41) is 0. The van der Waals surface area contributed by atoms with Gasteiger partial charge in [-0.05, 0) is 24.0 Å². The number of hydrogen-bond donors (Lipinski definition) is 1. The molecule has 6 nitrogen and oxygen atoms in total. The first-order valence-electron chi connectivity index (χ1n) is 8.48. The summed E-state index contributed by atoms with van der Waals surface area (Å²) in [6, 6.07) is 9.11. The van der Waals surface area contributed by atoms with Crippen LogP contribution in [0.2, 0.25) is 0 Å². The Morgan fingerprint density at radius 1 is 1.17 bits per heavy atom. The van der Waals surface area contributed by atoms with E-state index in [1.54, 1.807) is 0 Å². The third-order valence-electron chi connectivity index (χ3n) is 4.92. The third-order valence-corrected chi connectivity index (χ3v) is 4.92. The second kappa shape index (κ2) is 6.20. The summed E-state index contributed by atoms with van der Waals surface area (Å²) in [6.07, 6.45) is 5.55. The molecule has 1 saturated heterocycles. The van der Waals surface area contributed by atoms with Crippen LogP contribution in [0.3, 0.4) is 0 Å². The highest BCUT2D eigenvalue weighted by molar-refractivity contribution is 5.81. The second-order valence-corrected chi connectivity index (χ2v) is 6.38. The highest BCUT2D eigenvalue weighted by Crippen LogP contribution is 2.27. The van der Waals surface area contributed by atoms with Crippen molar-refractivity contribution in [2.24, 2.45) is 0 Å². The molecular formula is C18H22N6. The van der Waals surface area contributed by atoms with Crippen molar-refractivity contribution in [2.75, 3.05) is 18.8 Å². The van der Waals surface area contributed by atoms with Crippen LogP contribution in [0.25, 0.3) is 11.2 Å². The van der Waals surface area contributed by atoms with E-state index in [1.165, 1.54) is 17.5 Å². The number of nitrogens with zero attached hydrogens (tertiary/aromatic N) is 5. The highest BCUT2D eigenvalue weighted by atomic mass is 15.2. The molecule has 2 aromatic heterocycles. The van der Waals surface area contributed by atoms with Gasteiger partial charge in [-0.3, -0.25) is 4.90 Å². The lowest BCUT2D eigenvalue weighted by molar-refractivity contribution is 0.316. The Kier molecular flexibility index (Phi) is 3.90. The predicted octanol–water partition coefficient (Wildman–Crippen LogP) is 2.42. The fraction of sp³-hybridized carbons (Fsp3) is 0.389. The van der Waals surface area contributed by atoms with Gasteiger partial charge in [0, 0.05) is 19.6 Å². The molecule has 0 radical (unpaired) electrons. The maximum atomic E-state index is 5.89. The molecular weight excluding hydrogens is 300 g/mol. The van der Waals surface area contributed by atoms with E-state index in [9.17, 15) is 0 Å².